The Balaban J connectivity index is 2.22. The molecule has 4 N–H and O–H groups in total. The van der Waals surface area contributed by atoms with Crippen LogP contribution in [0.3, 0.4) is 0 Å². The minimum absolute atomic E-state index is 0.0581. The first kappa shape index (κ1) is 10.4. The van der Waals surface area contributed by atoms with Crippen LogP contribution in [0.4, 0.5) is 0 Å². The van der Waals surface area contributed by atoms with Gasteiger partial charge in [-0.25, -0.2) is 0 Å². The van der Waals surface area contributed by atoms with E-state index in [1.807, 2.05) is 0 Å². The fraction of sp³-hybridized carbons (Fsp3) is 0.875. The molecule has 0 aromatic heterocycles. The summed E-state index contributed by atoms with van der Waals surface area (Å²) in [6.45, 7) is 3.12. The van der Waals surface area contributed by atoms with Crippen molar-refractivity contribution >= 4 is 5.91 Å². The molecule has 1 rings (SSSR count). The van der Waals surface area contributed by atoms with Crippen molar-refractivity contribution < 1.29 is 15.0 Å². The molecule has 5 nitrogen and oxygen atoms in total. The van der Waals surface area contributed by atoms with Crippen LogP contribution < -0.4 is 10.6 Å². The Labute approximate surface area is 77.1 Å². The Morgan fingerprint density at radius 2 is 2.38 bits per heavy atom. The molecule has 3 atom stereocenters. The number of rotatable bonds is 3. The van der Waals surface area contributed by atoms with Crippen LogP contribution in [-0.2, 0) is 4.79 Å². The number of hydrogen-bond acceptors (Lipinski definition) is 4. The molecule has 1 heterocycles. The van der Waals surface area contributed by atoms with Gasteiger partial charge in [-0.3, -0.25) is 4.79 Å². The molecule has 0 bridgehead atoms. The summed E-state index contributed by atoms with van der Waals surface area (Å²) >= 11 is 0. The zero-order valence-corrected chi connectivity index (χ0v) is 7.66. The van der Waals surface area contributed by atoms with Crippen LogP contribution in [0.2, 0.25) is 0 Å². The number of β-amino-alcohol motifs (C(OH)–C–C–N with tert-alkyl or cyclic N) is 1. The lowest BCUT2D eigenvalue weighted by atomic mass is 10.1. The van der Waals surface area contributed by atoms with Gasteiger partial charge in [-0.05, 0) is 6.92 Å². The average molecular weight is 188 g/mol. The lowest BCUT2D eigenvalue weighted by molar-refractivity contribution is -0.128. The molecule has 1 aliphatic rings. The molecule has 1 saturated heterocycles. The van der Waals surface area contributed by atoms with Crippen molar-refractivity contribution in [2.24, 2.45) is 5.92 Å². The molecule has 1 unspecified atom stereocenters. The van der Waals surface area contributed by atoms with E-state index in [2.05, 4.69) is 10.6 Å². The van der Waals surface area contributed by atoms with Gasteiger partial charge in [0.1, 0.15) is 6.10 Å². The first-order valence-corrected chi connectivity index (χ1v) is 4.46. The van der Waals surface area contributed by atoms with Gasteiger partial charge in [0, 0.05) is 25.6 Å². The van der Waals surface area contributed by atoms with E-state index in [1.54, 1.807) is 0 Å². The van der Waals surface area contributed by atoms with Gasteiger partial charge in [-0.15, -0.1) is 0 Å². The van der Waals surface area contributed by atoms with E-state index in [0.717, 1.165) is 0 Å². The van der Waals surface area contributed by atoms with Gasteiger partial charge < -0.3 is 20.8 Å². The van der Waals surface area contributed by atoms with Gasteiger partial charge in [-0.1, -0.05) is 0 Å². The van der Waals surface area contributed by atoms with Gasteiger partial charge >= 0.3 is 0 Å². The fourth-order valence-corrected chi connectivity index (χ4v) is 1.31. The van der Waals surface area contributed by atoms with Crippen LogP contribution in [0, 0.1) is 5.92 Å². The minimum Gasteiger partial charge on any atom is -0.391 e. The van der Waals surface area contributed by atoms with Gasteiger partial charge in [0.25, 0.3) is 0 Å². The average Bonchev–Trinajstić information content (AvgIpc) is 2.47. The van der Waals surface area contributed by atoms with Gasteiger partial charge in [0.2, 0.25) is 5.91 Å². The summed E-state index contributed by atoms with van der Waals surface area (Å²) in [4.78, 5) is 10.9. The maximum Gasteiger partial charge on any atom is 0.248 e. The van der Waals surface area contributed by atoms with E-state index in [-0.39, 0.29) is 11.8 Å². The third kappa shape index (κ3) is 2.95. The molecule has 1 amide bonds. The monoisotopic (exact) mass is 188 g/mol. The summed E-state index contributed by atoms with van der Waals surface area (Å²) < 4.78 is 0. The van der Waals surface area contributed by atoms with E-state index in [4.69, 9.17) is 5.11 Å². The zero-order chi connectivity index (χ0) is 9.84. The molecule has 0 saturated carbocycles. The van der Waals surface area contributed by atoms with Crippen LogP contribution in [-0.4, -0.2) is 48.0 Å². The standard InChI is InChI=1S/C8H16N2O3/c1-5(11)8(13)10-3-6-2-9-4-7(6)12/h5-7,9,11-12H,2-4H2,1H3,(H,10,13)/t5?,6-,7+/m0/s1. The molecule has 5 heteroatoms. The second-order valence-corrected chi connectivity index (χ2v) is 3.41. The van der Waals surface area contributed by atoms with Crippen molar-refractivity contribution in [3.63, 3.8) is 0 Å². The Bertz CT molecular complexity index is 184. The topological polar surface area (TPSA) is 81.6 Å². The van der Waals surface area contributed by atoms with Gasteiger partial charge in [0.15, 0.2) is 0 Å². The van der Waals surface area contributed by atoms with E-state index in [9.17, 15) is 9.90 Å². The smallest absolute Gasteiger partial charge is 0.248 e. The van der Waals surface area contributed by atoms with Gasteiger partial charge in [-0.2, -0.15) is 0 Å². The van der Waals surface area contributed by atoms with E-state index < -0.39 is 12.2 Å². The molecule has 0 radical (unpaired) electrons. The highest BCUT2D eigenvalue weighted by Crippen LogP contribution is 2.06. The maximum atomic E-state index is 10.9. The Morgan fingerprint density at radius 1 is 1.69 bits per heavy atom. The Morgan fingerprint density at radius 3 is 2.85 bits per heavy atom. The summed E-state index contributed by atoms with van der Waals surface area (Å²) in [5, 5.41) is 23.8. The highest BCUT2D eigenvalue weighted by atomic mass is 16.3. The molecule has 0 spiro atoms. The molecular weight excluding hydrogens is 172 g/mol. The summed E-state index contributed by atoms with van der Waals surface area (Å²) in [6, 6.07) is 0. The Hall–Kier alpha value is -0.650. The van der Waals surface area contributed by atoms with Crippen LogP contribution >= 0.6 is 0 Å². The van der Waals surface area contributed by atoms with E-state index in [0.29, 0.717) is 19.6 Å². The second-order valence-electron chi connectivity index (χ2n) is 3.41. The molecule has 0 aliphatic carbocycles. The van der Waals surface area contributed by atoms with Crippen LogP contribution in [0.1, 0.15) is 6.92 Å². The lowest BCUT2D eigenvalue weighted by Crippen LogP contribution is -2.38. The highest BCUT2D eigenvalue weighted by Gasteiger charge is 2.25. The van der Waals surface area contributed by atoms with Crippen molar-refractivity contribution in [1.82, 2.24) is 10.6 Å². The van der Waals surface area contributed by atoms with Gasteiger partial charge in [0.05, 0.1) is 6.10 Å². The maximum absolute atomic E-state index is 10.9. The molecule has 1 aliphatic heterocycles. The summed E-state index contributed by atoms with van der Waals surface area (Å²) in [7, 11) is 0. The normalized spacial score (nSPS) is 30.1. The highest BCUT2D eigenvalue weighted by molar-refractivity contribution is 5.79. The largest absolute Gasteiger partial charge is 0.391 e. The first-order chi connectivity index (χ1) is 6.11. The molecular formula is C8H16N2O3. The predicted molar refractivity (Wildman–Crippen MR) is 47.1 cm³/mol. The number of nitrogens with one attached hydrogen (secondary N) is 2. The summed E-state index contributed by atoms with van der Waals surface area (Å²) in [5.41, 5.74) is 0. The number of hydrogen-bond donors (Lipinski definition) is 4. The second kappa shape index (κ2) is 4.55. The predicted octanol–water partition coefficient (Wildman–Crippen LogP) is -1.94. The third-order valence-corrected chi connectivity index (χ3v) is 2.22. The van der Waals surface area contributed by atoms with E-state index in [1.165, 1.54) is 6.92 Å². The van der Waals surface area contributed by atoms with Crippen molar-refractivity contribution in [1.29, 1.82) is 0 Å². The van der Waals surface area contributed by atoms with Crippen molar-refractivity contribution in [3.05, 3.63) is 0 Å². The number of aliphatic hydroxyl groups is 2. The Kier molecular flexibility index (Phi) is 3.65. The molecule has 76 valence electrons. The van der Waals surface area contributed by atoms with Crippen LogP contribution in [0.25, 0.3) is 0 Å². The van der Waals surface area contributed by atoms with Crippen LogP contribution in [0.5, 0.6) is 0 Å². The molecule has 1 fully saturated rings. The number of carbonyl (C=O) groups is 1. The van der Waals surface area contributed by atoms with E-state index >= 15 is 0 Å². The number of aliphatic hydroxyl groups excluding tert-OH is 2. The SMILES string of the molecule is CC(O)C(=O)NC[C@@H]1CNC[C@H]1O. The molecule has 13 heavy (non-hydrogen) atoms. The summed E-state index contributed by atoms with van der Waals surface area (Å²) in [6.07, 6.45) is -1.37. The summed E-state index contributed by atoms with van der Waals surface area (Å²) in [5.74, 6) is -0.332. The quantitative estimate of drug-likeness (QED) is 0.415. The third-order valence-electron chi connectivity index (χ3n) is 2.22. The molecule has 0 aromatic carbocycles. The van der Waals surface area contributed by atoms with Crippen molar-refractivity contribution in [2.45, 2.75) is 19.1 Å². The number of carbonyl (C=O) groups excluding carboxylic acids is 1. The first-order valence-electron chi connectivity index (χ1n) is 4.46. The van der Waals surface area contributed by atoms with Crippen molar-refractivity contribution in [3.8, 4) is 0 Å². The molecule has 0 aromatic rings. The lowest BCUT2D eigenvalue weighted by Gasteiger charge is -2.14. The number of amides is 1. The minimum atomic E-state index is -0.980. The zero-order valence-electron chi connectivity index (χ0n) is 7.66. The fourth-order valence-electron chi connectivity index (χ4n) is 1.31. The van der Waals surface area contributed by atoms with Crippen LogP contribution in [0.15, 0.2) is 0 Å². The van der Waals surface area contributed by atoms with Crippen molar-refractivity contribution in [2.75, 3.05) is 19.6 Å².